The standard InChI is InChI=1S/C30H25NO/c1-21-17-18-25(19-22(21)2)31-20-27-29(23-11-5-3-6-12-23)26-15-9-10-16-28(26)32-30(27)24-13-7-4-8-14-24/h3-20,29H,1-2H3/t29-/m0/s1. The summed E-state index contributed by atoms with van der Waals surface area (Å²) in [6, 6.07) is 35.5. The molecule has 0 saturated carbocycles. The first-order chi connectivity index (χ1) is 15.7. The highest BCUT2D eigenvalue weighted by molar-refractivity contribution is 5.95. The van der Waals surface area contributed by atoms with E-state index in [0.717, 1.165) is 33.9 Å². The van der Waals surface area contributed by atoms with E-state index in [-0.39, 0.29) is 5.92 Å². The van der Waals surface area contributed by atoms with Crippen LogP contribution in [0, 0.1) is 13.8 Å². The number of allylic oxidation sites excluding steroid dienone is 1. The molecule has 1 aliphatic heterocycles. The normalized spacial score (nSPS) is 15.5. The molecule has 0 radical (unpaired) electrons. The van der Waals surface area contributed by atoms with E-state index in [1.165, 1.54) is 16.7 Å². The molecular formula is C30H25NO. The Morgan fingerprint density at radius 2 is 1.41 bits per heavy atom. The fourth-order valence-corrected chi connectivity index (χ4v) is 4.18. The van der Waals surface area contributed by atoms with Crippen LogP contribution in [0.4, 0.5) is 5.69 Å². The Hall–Kier alpha value is -3.91. The molecule has 0 N–H and O–H groups in total. The van der Waals surface area contributed by atoms with Crippen molar-refractivity contribution in [3.8, 4) is 5.75 Å². The molecule has 0 saturated heterocycles. The Kier molecular flexibility index (Phi) is 5.43. The zero-order valence-corrected chi connectivity index (χ0v) is 18.3. The molecule has 2 nitrogen and oxygen atoms in total. The summed E-state index contributed by atoms with van der Waals surface area (Å²) in [7, 11) is 0. The number of ether oxygens (including phenoxy) is 1. The van der Waals surface area contributed by atoms with Crippen molar-refractivity contribution in [2.45, 2.75) is 19.8 Å². The minimum absolute atomic E-state index is 0.0339. The van der Waals surface area contributed by atoms with Gasteiger partial charge in [0.1, 0.15) is 11.5 Å². The first-order valence-electron chi connectivity index (χ1n) is 10.9. The van der Waals surface area contributed by atoms with Crippen LogP contribution in [-0.4, -0.2) is 6.21 Å². The van der Waals surface area contributed by atoms with Gasteiger partial charge in [0.05, 0.1) is 5.69 Å². The average molecular weight is 416 g/mol. The quantitative estimate of drug-likeness (QED) is 0.314. The third-order valence-electron chi connectivity index (χ3n) is 6.03. The van der Waals surface area contributed by atoms with E-state index < -0.39 is 0 Å². The van der Waals surface area contributed by atoms with Gasteiger partial charge in [0.2, 0.25) is 0 Å². The molecule has 32 heavy (non-hydrogen) atoms. The molecule has 4 aromatic carbocycles. The molecule has 0 fully saturated rings. The Labute approximate surface area is 189 Å². The highest BCUT2D eigenvalue weighted by Gasteiger charge is 2.30. The van der Waals surface area contributed by atoms with Crippen molar-refractivity contribution in [3.05, 3.63) is 137 Å². The van der Waals surface area contributed by atoms with Gasteiger partial charge in [0.25, 0.3) is 0 Å². The van der Waals surface area contributed by atoms with Gasteiger partial charge in [-0.2, -0.15) is 0 Å². The van der Waals surface area contributed by atoms with Crippen LogP contribution in [-0.2, 0) is 0 Å². The minimum atomic E-state index is 0.0339. The van der Waals surface area contributed by atoms with Crippen LogP contribution in [0.3, 0.4) is 0 Å². The second-order valence-corrected chi connectivity index (χ2v) is 8.16. The lowest BCUT2D eigenvalue weighted by molar-refractivity contribution is 0.489. The zero-order valence-electron chi connectivity index (χ0n) is 18.3. The maximum atomic E-state index is 6.50. The number of benzene rings is 4. The van der Waals surface area contributed by atoms with Crippen molar-refractivity contribution in [3.63, 3.8) is 0 Å². The van der Waals surface area contributed by atoms with E-state index in [1.807, 2.05) is 36.5 Å². The summed E-state index contributed by atoms with van der Waals surface area (Å²) >= 11 is 0. The Bertz CT molecular complexity index is 1300. The van der Waals surface area contributed by atoms with Crippen LogP contribution in [0.15, 0.2) is 114 Å². The molecule has 2 heteroatoms. The smallest absolute Gasteiger partial charge is 0.140 e. The Balaban J connectivity index is 1.71. The maximum Gasteiger partial charge on any atom is 0.140 e. The fraction of sp³-hybridized carbons (Fsp3) is 0.100. The third-order valence-corrected chi connectivity index (χ3v) is 6.03. The van der Waals surface area contributed by atoms with Crippen LogP contribution in [0.5, 0.6) is 5.75 Å². The van der Waals surface area contributed by atoms with Crippen molar-refractivity contribution in [1.82, 2.24) is 0 Å². The number of rotatable bonds is 4. The van der Waals surface area contributed by atoms with Gasteiger partial charge in [-0.3, -0.25) is 4.99 Å². The highest BCUT2D eigenvalue weighted by atomic mass is 16.5. The van der Waals surface area contributed by atoms with E-state index in [2.05, 4.69) is 86.6 Å². The topological polar surface area (TPSA) is 21.6 Å². The molecule has 4 aromatic rings. The second-order valence-electron chi connectivity index (χ2n) is 8.16. The molecule has 1 aliphatic rings. The first-order valence-corrected chi connectivity index (χ1v) is 10.9. The van der Waals surface area contributed by atoms with Gasteiger partial charge < -0.3 is 4.74 Å². The summed E-state index contributed by atoms with van der Waals surface area (Å²) < 4.78 is 6.50. The highest BCUT2D eigenvalue weighted by Crippen LogP contribution is 2.45. The molecule has 0 aromatic heterocycles. The Morgan fingerprint density at radius 1 is 0.719 bits per heavy atom. The van der Waals surface area contributed by atoms with Crippen molar-refractivity contribution in [2.75, 3.05) is 0 Å². The Morgan fingerprint density at radius 3 is 2.16 bits per heavy atom. The number of nitrogens with zero attached hydrogens (tertiary/aromatic N) is 1. The SMILES string of the molecule is Cc1ccc(N=CC2=C(c3ccccc3)Oc3ccccc3[C@@H]2c2ccccc2)cc1C. The molecule has 156 valence electrons. The fourth-order valence-electron chi connectivity index (χ4n) is 4.18. The van der Waals surface area contributed by atoms with Crippen molar-refractivity contribution >= 4 is 17.7 Å². The van der Waals surface area contributed by atoms with Gasteiger partial charge in [-0.05, 0) is 48.7 Å². The van der Waals surface area contributed by atoms with Gasteiger partial charge in [0.15, 0.2) is 0 Å². The van der Waals surface area contributed by atoms with E-state index in [0.29, 0.717) is 0 Å². The molecule has 0 amide bonds. The summed E-state index contributed by atoms with van der Waals surface area (Å²) in [5, 5.41) is 0. The monoisotopic (exact) mass is 415 g/mol. The molecule has 1 atom stereocenters. The lowest BCUT2D eigenvalue weighted by Gasteiger charge is -2.30. The van der Waals surface area contributed by atoms with E-state index in [9.17, 15) is 0 Å². The predicted molar refractivity (Wildman–Crippen MR) is 133 cm³/mol. The molecule has 5 rings (SSSR count). The third kappa shape index (κ3) is 3.88. The number of para-hydroxylation sites is 1. The van der Waals surface area contributed by atoms with Crippen LogP contribution in [0.2, 0.25) is 0 Å². The largest absolute Gasteiger partial charge is 0.456 e. The second kappa shape index (κ2) is 8.68. The van der Waals surface area contributed by atoms with Crippen LogP contribution in [0.25, 0.3) is 5.76 Å². The van der Waals surface area contributed by atoms with Crippen LogP contribution >= 0.6 is 0 Å². The van der Waals surface area contributed by atoms with Gasteiger partial charge in [-0.15, -0.1) is 0 Å². The lowest BCUT2D eigenvalue weighted by Crippen LogP contribution is -2.17. The van der Waals surface area contributed by atoms with E-state index >= 15 is 0 Å². The summed E-state index contributed by atoms with van der Waals surface area (Å²) in [5.41, 5.74) is 7.92. The predicted octanol–water partition coefficient (Wildman–Crippen LogP) is 7.64. The molecule has 0 bridgehead atoms. The van der Waals surface area contributed by atoms with Crippen LogP contribution in [0.1, 0.15) is 33.7 Å². The number of hydrogen-bond donors (Lipinski definition) is 0. The summed E-state index contributed by atoms with van der Waals surface area (Å²) in [4.78, 5) is 4.89. The van der Waals surface area contributed by atoms with Crippen LogP contribution < -0.4 is 4.74 Å². The number of hydrogen-bond acceptors (Lipinski definition) is 2. The number of aryl methyl sites for hydroxylation is 2. The van der Waals surface area contributed by atoms with Gasteiger partial charge in [0, 0.05) is 28.8 Å². The number of aliphatic imine (C=N–C) groups is 1. The minimum Gasteiger partial charge on any atom is -0.456 e. The first kappa shape index (κ1) is 20.0. The van der Waals surface area contributed by atoms with E-state index in [1.54, 1.807) is 0 Å². The van der Waals surface area contributed by atoms with Crippen molar-refractivity contribution in [1.29, 1.82) is 0 Å². The molecule has 0 aliphatic carbocycles. The maximum absolute atomic E-state index is 6.50. The molecule has 0 unspecified atom stereocenters. The molecule has 1 heterocycles. The summed E-state index contributed by atoms with van der Waals surface area (Å²) in [6.45, 7) is 4.24. The van der Waals surface area contributed by atoms with E-state index in [4.69, 9.17) is 9.73 Å². The lowest BCUT2D eigenvalue weighted by atomic mass is 9.81. The summed E-state index contributed by atoms with van der Waals surface area (Å²) in [6.07, 6.45) is 1.99. The van der Waals surface area contributed by atoms with Crippen molar-refractivity contribution in [2.24, 2.45) is 4.99 Å². The number of fused-ring (bicyclic) bond motifs is 1. The van der Waals surface area contributed by atoms with Gasteiger partial charge >= 0.3 is 0 Å². The molecule has 0 spiro atoms. The average Bonchev–Trinajstić information content (AvgIpc) is 2.85. The summed E-state index contributed by atoms with van der Waals surface area (Å²) in [5.74, 6) is 1.78. The molecular weight excluding hydrogens is 390 g/mol. The zero-order chi connectivity index (χ0) is 21.9. The van der Waals surface area contributed by atoms with Gasteiger partial charge in [-0.25, -0.2) is 0 Å². The van der Waals surface area contributed by atoms with Crippen molar-refractivity contribution < 1.29 is 4.74 Å². The van der Waals surface area contributed by atoms with Gasteiger partial charge in [-0.1, -0.05) is 84.9 Å².